The molecule has 0 aromatic rings. The summed E-state index contributed by atoms with van der Waals surface area (Å²) in [7, 11) is -2.96. The van der Waals surface area contributed by atoms with E-state index in [1.165, 1.54) is 0 Å². The van der Waals surface area contributed by atoms with Crippen LogP contribution in [0.4, 0.5) is 0 Å². The molecule has 1 saturated heterocycles. The summed E-state index contributed by atoms with van der Waals surface area (Å²) in [6.45, 7) is 8.29. The Labute approximate surface area is 74.8 Å². The first-order valence-electron chi connectivity index (χ1n) is 4.38. The van der Waals surface area contributed by atoms with Crippen LogP contribution in [-0.2, 0) is 10.0 Å². The third-order valence-electron chi connectivity index (χ3n) is 2.30. The van der Waals surface area contributed by atoms with Crippen molar-refractivity contribution in [2.75, 3.05) is 6.54 Å². The third kappa shape index (κ3) is 1.64. The van der Waals surface area contributed by atoms with Crippen LogP contribution in [0.25, 0.3) is 0 Å². The van der Waals surface area contributed by atoms with Crippen molar-refractivity contribution in [1.29, 1.82) is 0 Å². The van der Waals surface area contributed by atoms with Crippen LogP contribution < -0.4 is 0 Å². The van der Waals surface area contributed by atoms with E-state index in [0.29, 0.717) is 5.92 Å². The Morgan fingerprint density at radius 1 is 1.25 bits per heavy atom. The normalized spacial score (nSPS) is 29.8. The van der Waals surface area contributed by atoms with E-state index < -0.39 is 10.0 Å². The van der Waals surface area contributed by atoms with E-state index in [9.17, 15) is 8.42 Å². The summed E-state index contributed by atoms with van der Waals surface area (Å²) < 4.78 is 24.7. The maximum Gasteiger partial charge on any atom is 0.216 e. The zero-order valence-electron chi connectivity index (χ0n) is 8.11. The minimum atomic E-state index is -2.96. The molecule has 72 valence electrons. The molecule has 0 aromatic carbocycles. The highest BCUT2D eigenvalue weighted by atomic mass is 32.2. The second kappa shape index (κ2) is 3.00. The number of hydrogen-bond donors (Lipinski definition) is 0. The highest BCUT2D eigenvalue weighted by molar-refractivity contribution is 7.89. The van der Waals surface area contributed by atoms with Crippen molar-refractivity contribution in [2.24, 2.45) is 5.92 Å². The number of rotatable bonds is 3. The van der Waals surface area contributed by atoms with Crippen LogP contribution in [0.5, 0.6) is 0 Å². The van der Waals surface area contributed by atoms with Crippen molar-refractivity contribution >= 4 is 10.0 Å². The average Bonchev–Trinajstić information content (AvgIpc) is 2.63. The minimum Gasteiger partial charge on any atom is -0.212 e. The van der Waals surface area contributed by atoms with Crippen LogP contribution in [0.15, 0.2) is 0 Å². The molecule has 1 fully saturated rings. The molecule has 0 N–H and O–H groups in total. The smallest absolute Gasteiger partial charge is 0.212 e. The van der Waals surface area contributed by atoms with E-state index in [0.717, 1.165) is 6.54 Å². The molecule has 0 saturated carbocycles. The van der Waals surface area contributed by atoms with Gasteiger partial charge in [-0.15, -0.1) is 0 Å². The van der Waals surface area contributed by atoms with E-state index in [1.807, 2.05) is 0 Å². The molecule has 4 heteroatoms. The van der Waals surface area contributed by atoms with Crippen LogP contribution >= 0.6 is 0 Å². The zero-order chi connectivity index (χ0) is 9.52. The molecule has 2 atom stereocenters. The monoisotopic (exact) mass is 191 g/mol. The van der Waals surface area contributed by atoms with Crippen LogP contribution in [0.1, 0.15) is 27.7 Å². The van der Waals surface area contributed by atoms with E-state index in [-0.39, 0.29) is 11.3 Å². The van der Waals surface area contributed by atoms with Gasteiger partial charge in [0.2, 0.25) is 10.0 Å². The standard InChI is InChI=1S/C8H17NO2S/c1-6(2)8-5-9(8)12(10,11)7(3)4/h6-8H,5H2,1-4H3/t8-,9?/m1/s1. The lowest BCUT2D eigenvalue weighted by atomic mass is 10.1. The minimum absolute atomic E-state index is 0.261. The van der Waals surface area contributed by atoms with Crippen LogP contribution in [0.2, 0.25) is 0 Å². The molecule has 3 nitrogen and oxygen atoms in total. The second-order valence-corrected chi connectivity index (χ2v) is 6.42. The van der Waals surface area contributed by atoms with Gasteiger partial charge in [-0.1, -0.05) is 13.8 Å². The van der Waals surface area contributed by atoms with Gasteiger partial charge < -0.3 is 0 Å². The van der Waals surface area contributed by atoms with Gasteiger partial charge >= 0.3 is 0 Å². The summed E-state index contributed by atoms with van der Waals surface area (Å²) in [6.07, 6.45) is 0. The van der Waals surface area contributed by atoms with Crippen LogP contribution in [-0.4, -0.2) is 30.6 Å². The van der Waals surface area contributed by atoms with Crippen molar-refractivity contribution in [2.45, 2.75) is 39.0 Å². The van der Waals surface area contributed by atoms with Crippen LogP contribution in [0, 0.1) is 5.92 Å². The maximum absolute atomic E-state index is 11.5. The van der Waals surface area contributed by atoms with Gasteiger partial charge in [-0.3, -0.25) is 0 Å². The number of nitrogens with zero attached hydrogens (tertiary/aromatic N) is 1. The fourth-order valence-corrected chi connectivity index (χ4v) is 2.77. The fourth-order valence-electron chi connectivity index (χ4n) is 1.24. The summed E-state index contributed by atoms with van der Waals surface area (Å²) in [5.41, 5.74) is 0. The zero-order valence-corrected chi connectivity index (χ0v) is 8.93. The Morgan fingerprint density at radius 2 is 1.75 bits per heavy atom. The molecule has 0 spiro atoms. The number of hydrogen-bond acceptors (Lipinski definition) is 2. The lowest BCUT2D eigenvalue weighted by molar-refractivity contribution is 0.511. The molecule has 0 radical (unpaired) electrons. The lowest BCUT2D eigenvalue weighted by Crippen LogP contribution is -2.24. The molecule has 1 aliphatic rings. The molecule has 1 unspecified atom stereocenters. The maximum atomic E-state index is 11.5. The molecular formula is C8H17NO2S. The van der Waals surface area contributed by atoms with Gasteiger partial charge in [0.05, 0.1) is 5.25 Å². The van der Waals surface area contributed by atoms with Crippen molar-refractivity contribution in [3.63, 3.8) is 0 Å². The average molecular weight is 191 g/mol. The molecule has 1 heterocycles. The highest BCUT2D eigenvalue weighted by Crippen LogP contribution is 2.30. The van der Waals surface area contributed by atoms with Crippen molar-refractivity contribution in [3.8, 4) is 0 Å². The Kier molecular flexibility index (Phi) is 2.50. The van der Waals surface area contributed by atoms with Crippen molar-refractivity contribution in [1.82, 2.24) is 4.31 Å². The van der Waals surface area contributed by atoms with Gasteiger partial charge in [0.15, 0.2) is 0 Å². The quantitative estimate of drug-likeness (QED) is 0.626. The highest BCUT2D eigenvalue weighted by Gasteiger charge is 2.46. The SMILES string of the molecule is CC(C)[C@H]1CN1S(=O)(=O)C(C)C. The Hall–Kier alpha value is -0.0900. The lowest BCUT2D eigenvalue weighted by Gasteiger charge is -2.10. The second-order valence-electron chi connectivity index (χ2n) is 3.97. The molecular weight excluding hydrogens is 174 g/mol. The summed E-state index contributed by atoms with van der Waals surface area (Å²) in [4.78, 5) is 0. The third-order valence-corrected chi connectivity index (χ3v) is 4.56. The Bertz CT molecular complexity index is 256. The van der Waals surface area contributed by atoms with Crippen molar-refractivity contribution < 1.29 is 8.42 Å². The topological polar surface area (TPSA) is 37.1 Å². The van der Waals surface area contributed by atoms with E-state index in [1.54, 1.807) is 18.2 Å². The van der Waals surface area contributed by atoms with Gasteiger partial charge in [-0.2, -0.15) is 4.31 Å². The predicted molar refractivity (Wildman–Crippen MR) is 49.4 cm³/mol. The van der Waals surface area contributed by atoms with Gasteiger partial charge in [-0.25, -0.2) is 8.42 Å². The molecule has 1 rings (SSSR count). The van der Waals surface area contributed by atoms with E-state index in [4.69, 9.17) is 0 Å². The predicted octanol–water partition coefficient (Wildman–Crippen LogP) is 1.06. The summed E-state index contributed by atoms with van der Waals surface area (Å²) in [6, 6.07) is 0.261. The fraction of sp³-hybridized carbons (Fsp3) is 1.00. The molecule has 0 amide bonds. The molecule has 0 bridgehead atoms. The summed E-state index contributed by atoms with van der Waals surface area (Å²) >= 11 is 0. The largest absolute Gasteiger partial charge is 0.216 e. The molecule has 12 heavy (non-hydrogen) atoms. The van der Waals surface area contributed by atoms with E-state index in [2.05, 4.69) is 13.8 Å². The summed E-state index contributed by atoms with van der Waals surface area (Å²) in [5, 5.41) is -0.277. The molecule has 0 aromatic heterocycles. The van der Waals surface area contributed by atoms with Gasteiger partial charge in [0.1, 0.15) is 0 Å². The van der Waals surface area contributed by atoms with Gasteiger partial charge in [-0.05, 0) is 19.8 Å². The summed E-state index contributed by atoms with van der Waals surface area (Å²) in [5.74, 6) is 0.443. The van der Waals surface area contributed by atoms with Crippen molar-refractivity contribution in [3.05, 3.63) is 0 Å². The van der Waals surface area contributed by atoms with Crippen LogP contribution in [0.3, 0.4) is 0 Å². The molecule has 0 aliphatic carbocycles. The Balaban J connectivity index is 2.65. The Morgan fingerprint density at radius 3 is 2.00 bits per heavy atom. The first-order valence-corrected chi connectivity index (χ1v) is 5.88. The first kappa shape index (κ1) is 9.99. The van der Waals surface area contributed by atoms with Gasteiger partial charge in [0.25, 0.3) is 0 Å². The van der Waals surface area contributed by atoms with E-state index >= 15 is 0 Å². The molecule has 1 aliphatic heterocycles. The van der Waals surface area contributed by atoms with Gasteiger partial charge in [0, 0.05) is 12.6 Å². The first-order chi connectivity index (χ1) is 5.37. The number of sulfonamides is 1.